The van der Waals surface area contributed by atoms with Crippen molar-refractivity contribution in [3.05, 3.63) is 41.6 Å². The number of benzene rings is 1. The molecular weight excluding hydrogens is 336 g/mol. The summed E-state index contributed by atoms with van der Waals surface area (Å²) in [5, 5.41) is 2.53. The summed E-state index contributed by atoms with van der Waals surface area (Å²) in [6.45, 7) is 1.42. The van der Waals surface area contributed by atoms with Crippen molar-refractivity contribution in [2.24, 2.45) is 0 Å². The molecule has 1 aromatic rings. The molecule has 26 heavy (non-hydrogen) atoms. The van der Waals surface area contributed by atoms with Gasteiger partial charge in [0.25, 0.3) is 0 Å². The number of hydrogen-bond donors (Lipinski definition) is 3. The number of rotatable bonds is 3. The molecule has 4 amide bonds. The Morgan fingerprint density at radius 2 is 1.81 bits per heavy atom. The number of fused-ring (bicyclic) bond motifs is 1. The number of carbonyl (C=O) groups excluding carboxylic acids is 4. The predicted molar refractivity (Wildman–Crippen MR) is 92.8 cm³/mol. The summed E-state index contributed by atoms with van der Waals surface area (Å²) >= 11 is 0. The second-order valence-electron chi connectivity index (χ2n) is 6.34. The van der Waals surface area contributed by atoms with Gasteiger partial charge in [0.15, 0.2) is 0 Å². The van der Waals surface area contributed by atoms with E-state index < -0.39 is 23.8 Å². The van der Waals surface area contributed by atoms with Crippen LogP contribution in [0.2, 0.25) is 0 Å². The van der Waals surface area contributed by atoms with E-state index in [0.717, 1.165) is 24.0 Å². The fraction of sp³-hybridized carbons (Fsp3) is 0.333. The van der Waals surface area contributed by atoms with Crippen LogP contribution in [0.4, 0.5) is 0 Å². The van der Waals surface area contributed by atoms with Crippen LogP contribution in [-0.4, -0.2) is 34.6 Å². The molecule has 0 unspecified atom stereocenters. The maximum Gasteiger partial charge on any atom is 0.327 e. The van der Waals surface area contributed by atoms with E-state index in [2.05, 4.69) is 16.2 Å². The van der Waals surface area contributed by atoms with E-state index in [1.54, 1.807) is 6.20 Å². The lowest BCUT2D eigenvalue weighted by molar-refractivity contribution is -0.141. The fourth-order valence-corrected chi connectivity index (χ4v) is 2.80. The molecule has 1 heterocycles. The Labute approximate surface area is 150 Å². The van der Waals surface area contributed by atoms with Crippen molar-refractivity contribution in [3.63, 3.8) is 0 Å². The predicted octanol–water partition coefficient (Wildman–Crippen LogP) is 0.377. The van der Waals surface area contributed by atoms with Gasteiger partial charge in [0.2, 0.25) is 11.8 Å². The second-order valence-corrected chi connectivity index (χ2v) is 6.34. The summed E-state index contributed by atoms with van der Waals surface area (Å²) in [6.07, 6.45) is 5.13. The minimum Gasteiger partial charge on any atom is -0.345 e. The largest absolute Gasteiger partial charge is 0.345 e. The van der Waals surface area contributed by atoms with Gasteiger partial charge in [-0.1, -0.05) is 24.3 Å². The smallest absolute Gasteiger partial charge is 0.327 e. The molecule has 1 aromatic carbocycles. The third kappa shape index (κ3) is 4.08. The normalized spacial score (nSPS) is 17.9. The summed E-state index contributed by atoms with van der Waals surface area (Å²) in [5.41, 5.74) is 6.11. The SMILES string of the molecule is CC(=O)N1C=Cc2ccccc2[C@H]1CC(=O)NNC(=O)C(=O)NC1CC1. The molecule has 1 aliphatic carbocycles. The number of nitrogens with one attached hydrogen (secondary N) is 3. The van der Waals surface area contributed by atoms with Gasteiger partial charge in [-0.05, 0) is 30.0 Å². The average Bonchev–Trinajstić information content (AvgIpc) is 3.43. The van der Waals surface area contributed by atoms with Crippen LogP contribution in [-0.2, 0) is 19.2 Å². The fourth-order valence-electron chi connectivity index (χ4n) is 2.80. The first-order valence-electron chi connectivity index (χ1n) is 8.41. The van der Waals surface area contributed by atoms with E-state index in [4.69, 9.17) is 0 Å². The lowest BCUT2D eigenvalue weighted by Gasteiger charge is -2.32. The third-order valence-corrected chi connectivity index (χ3v) is 4.28. The monoisotopic (exact) mass is 356 g/mol. The molecule has 2 aliphatic rings. The van der Waals surface area contributed by atoms with E-state index in [0.29, 0.717) is 0 Å². The van der Waals surface area contributed by atoms with E-state index >= 15 is 0 Å². The van der Waals surface area contributed by atoms with Crippen LogP contribution in [0, 0.1) is 0 Å². The van der Waals surface area contributed by atoms with Gasteiger partial charge in [-0.15, -0.1) is 0 Å². The Morgan fingerprint density at radius 3 is 2.50 bits per heavy atom. The Hall–Kier alpha value is -3.16. The van der Waals surface area contributed by atoms with E-state index in [1.807, 2.05) is 30.3 Å². The number of hydrazine groups is 1. The molecule has 0 radical (unpaired) electrons. The van der Waals surface area contributed by atoms with Crippen LogP contribution in [0.3, 0.4) is 0 Å². The molecule has 0 bridgehead atoms. The molecule has 1 fully saturated rings. The molecule has 0 spiro atoms. The number of nitrogens with zero attached hydrogens (tertiary/aromatic N) is 1. The van der Waals surface area contributed by atoms with Crippen LogP contribution in [0.5, 0.6) is 0 Å². The zero-order valence-electron chi connectivity index (χ0n) is 14.3. The van der Waals surface area contributed by atoms with Crippen molar-refractivity contribution >= 4 is 29.7 Å². The molecule has 3 N–H and O–H groups in total. The maximum absolute atomic E-state index is 12.2. The average molecular weight is 356 g/mol. The summed E-state index contributed by atoms with van der Waals surface area (Å²) in [5.74, 6) is -2.39. The van der Waals surface area contributed by atoms with Crippen LogP contribution in [0.25, 0.3) is 6.08 Å². The lowest BCUT2D eigenvalue weighted by atomic mass is 9.93. The summed E-state index contributed by atoms with van der Waals surface area (Å²) in [6, 6.07) is 7.05. The Morgan fingerprint density at radius 1 is 1.08 bits per heavy atom. The van der Waals surface area contributed by atoms with Gasteiger partial charge in [-0.2, -0.15) is 0 Å². The molecule has 8 heteroatoms. The zero-order chi connectivity index (χ0) is 18.7. The van der Waals surface area contributed by atoms with Crippen molar-refractivity contribution in [3.8, 4) is 0 Å². The van der Waals surface area contributed by atoms with E-state index in [1.165, 1.54) is 11.8 Å². The topological polar surface area (TPSA) is 108 Å². The number of carbonyl (C=O) groups is 4. The van der Waals surface area contributed by atoms with Crippen LogP contribution in [0.15, 0.2) is 30.5 Å². The lowest BCUT2D eigenvalue weighted by Crippen LogP contribution is -2.49. The highest BCUT2D eigenvalue weighted by molar-refractivity contribution is 6.35. The quantitative estimate of drug-likeness (QED) is 0.537. The molecule has 1 saturated carbocycles. The van der Waals surface area contributed by atoms with Gasteiger partial charge < -0.3 is 10.2 Å². The number of amides is 4. The van der Waals surface area contributed by atoms with Crippen molar-refractivity contribution in [1.82, 2.24) is 21.1 Å². The van der Waals surface area contributed by atoms with Gasteiger partial charge in [0.1, 0.15) is 0 Å². The molecule has 1 aliphatic heterocycles. The third-order valence-electron chi connectivity index (χ3n) is 4.28. The summed E-state index contributed by atoms with van der Waals surface area (Å²) < 4.78 is 0. The standard InChI is InChI=1S/C18H20N4O4/c1-11(23)22-9-8-12-4-2-3-5-14(12)15(22)10-16(24)20-21-18(26)17(25)19-13-6-7-13/h2-5,8-9,13,15H,6-7,10H2,1H3,(H,19,25)(H,20,24)(H,21,26)/t15-/m1/s1. The highest BCUT2D eigenvalue weighted by Gasteiger charge is 2.29. The van der Waals surface area contributed by atoms with E-state index in [-0.39, 0.29) is 18.4 Å². The molecule has 3 rings (SSSR count). The summed E-state index contributed by atoms with van der Waals surface area (Å²) in [4.78, 5) is 48.8. The molecule has 8 nitrogen and oxygen atoms in total. The molecule has 0 saturated heterocycles. The van der Waals surface area contributed by atoms with Gasteiger partial charge in [-0.3, -0.25) is 30.0 Å². The van der Waals surface area contributed by atoms with Crippen LogP contribution >= 0.6 is 0 Å². The number of hydrogen-bond acceptors (Lipinski definition) is 4. The van der Waals surface area contributed by atoms with Crippen molar-refractivity contribution < 1.29 is 19.2 Å². The molecule has 1 atom stereocenters. The van der Waals surface area contributed by atoms with E-state index in [9.17, 15) is 19.2 Å². The Bertz CT molecular complexity index is 785. The van der Waals surface area contributed by atoms with Gasteiger partial charge in [0, 0.05) is 19.2 Å². The molecular formula is C18H20N4O4. The van der Waals surface area contributed by atoms with Crippen LogP contribution in [0.1, 0.15) is 43.4 Å². The van der Waals surface area contributed by atoms with Crippen molar-refractivity contribution in [1.29, 1.82) is 0 Å². The van der Waals surface area contributed by atoms with Gasteiger partial charge in [-0.25, -0.2) is 0 Å². The first-order valence-corrected chi connectivity index (χ1v) is 8.41. The summed E-state index contributed by atoms with van der Waals surface area (Å²) in [7, 11) is 0. The first-order chi connectivity index (χ1) is 12.5. The maximum atomic E-state index is 12.2. The highest BCUT2D eigenvalue weighted by atomic mass is 16.2. The minimum atomic E-state index is -0.919. The first kappa shape index (κ1) is 17.7. The Balaban J connectivity index is 1.61. The second kappa shape index (κ2) is 7.38. The zero-order valence-corrected chi connectivity index (χ0v) is 14.3. The van der Waals surface area contributed by atoms with Crippen LogP contribution < -0.4 is 16.2 Å². The van der Waals surface area contributed by atoms with Crippen molar-refractivity contribution in [2.75, 3.05) is 0 Å². The van der Waals surface area contributed by atoms with Gasteiger partial charge in [0.05, 0.1) is 12.5 Å². The molecule has 0 aromatic heterocycles. The molecule has 136 valence electrons. The van der Waals surface area contributed by atoms with Gasteiger partial charge >= 0.3 is 11.8 Å². The Kier molecular flexibility index (Phi) is 5.01. The van der Waals surface area contributed by atoms with Crippen molar-refractivity contribution in [2.45, 2.75) is 38.3 Å². The highest BCUT2D eigenvalue weighted by Crippen LogP contribution is 2.32. The minimum absolute atomic E-state index is 0.0501.